The van der Waals surface area contributed by atoms with Crippen molar-refractivity contribution in [3.63, 3.8) is 0 Å². The van der Waals surface area contributed by atoms with Crippen LogP contribution < -0.4 is 4.74 Å². The Kier molecular flexibility index (Phi) is 9.15. The summed E-state index contributed by atoms with van der Waals surface area (Å²) < 4.78 is 38.2. The van der Waals surface area contributed by atoms with E-state index in [1.54, 1.807) is 52.1 Å². The van der Waals surface area contributed by atoms with Gasteiger partial charge in [-0.2, -0.15) is 0 Å². The number of aliphatic hydroxyl groups is 2. The molecule has 5 aliphatic rings. The maximum atomic E-state index is 14.0. The fourth-order valence-corrected chi connectivity index (χ4v) is 9.15. The van der Waals surface area contributed by atoms with E-state index in [-0.39, 0.29) is 29.3 Å². The number of benzene rings is 2. The number of hydrogen-bond acceptors (Lipinski definition) is 10. The largest absolute Gasteiger partial charge is 0.497 e. The van der Waals surface area contributed by atoms with Gasteiger partial charge in [-0.1, -0.05) is 50.0 Å². The van der Waals surface area contributed by atoms with Crippen molar-refractivity contribution in [3.8, 4) is 5.75 Å². The first-order valence-electron chi connectivity index (χ1n) is 16.3. The van der Waals surface area contributed by atoms with Crippen LogP contribution in [0.15, 0.2) is 65.7 Å². The van der Waals surface area contributed by atoms with Crippen LogP contribution in [0.5, 0.6) is 5.75 Å². The maximum absolute atomic E-state index is 14.0. The van der Waals surface area contributed by atoms with E-state index in [9.17, 15) is 19.8 Å². The van der Waals surface area contributed by atoms with E-state index in [1.807, 2.05) is 37.3 Å². The third kappa shape index (κ3) is 5.16. The zero-order chi connectivity index (χ0) is 33.5. The number of hydrogen-bond donors (Lipinski definition) is 2. The second kappa shape index (κ2) is 12.5. The molecule has 10 nitrogen and oxygen atoms in total. The molecule has 2 saturated heterocycles. The molecule has 2 saturated carbocycles. The van der Waals surface area contributed by atoms with Crippen molar-refractivity contribution >= 4 is 11.9 Å². The molecule has 3 aliphatic carbocycles. The van der Waals surface area contributed by atoms with Crippen molar-refractivity contribution in [3.05, 3.63) is 82.8 Å². The van der Waals surface area contributed by atoms with Crippen LogP contribution in [-0.4, -0.2) is 78.1 Å². The number of rotatable bonds is 6. The van der Waals surface area contributed by atoms with Crippen LogP contribution in [0.3, 0.4) is 0 Å². The Labute approximate surface area is 291 Å². The molecule has 2 aliphatic heterocycles. The van der Waals surface area contributed by atoms with Crippen LogP contribution in [0, 0.1) is 22.7 Å². The van der Waals surface area contributed by atoms with Gasteiger partial charge in [-0.05, 0) is 69.0 Å². The molecule has 0 amide bonds. The summed E-state index contributed by atoms with van der Waals surface area (Å²) >= 11 is 0. The molecule has 4 fully saturated rings. The van der Waals surface area contributed by atoms with Gasteiger partial charge in [0.15, 0.2) is 12.4 Å². The molecule has 0 spiro atoms. The molecule has 1 radical (unpaired) electrons. The first-order chi connectivity index (χ1) is 22.3. The summed E-state index contributed by atoms with van der Waals surface area (Å²) in [5, 5.41) is 23.9. The molecule has 2 aromatic carbocycles. The minimum Gasteiger partial charge on any atom is -0.497 e. The second-order valence-corrected chi connectivity index (χ2v) is 14.3. The summed E-state index contributed by atoms with van der Waals surface area (Å²) in [4.78, 5) is 27.0. The number of ether oxygens (including phenoxy) is 6. The number of fused-ring (bicyclic) bond motifs is 3. The zero-order valence-corrected chi connectivity index (χ0v) is 29.0. The Morgan fingerprint density at radius 1 is 1.04 bits per heavy atom. The zero-order valence-electron chi connectivity index (χ0n) is 27.9. The molecule has 48 heavy (non-hydrogen) atoms. The minimum absolute atomic E-state index is 0. The van der Waals surface area contributed by atoms with Crippen molar-refractivity contribution < 1.29 is 65.0 Å². The van der Waals surface area contributed by atoms with Crippen LogP contribution in [0.2, 0.25) is 0 Å². The summed E-state index contributed by atoms with van der Waals surface area (Å²) in [6, 6.07) is 16.1. The normalized spacial score (nSPS) is 37.1. The van der Waals surface area contributed by atoms with Gasteiger partial charge in [0.1, 0.15) is 11.9 Å². The van der Waals surface area contributed by atoms with Crippen LogP contribution in [0.4, 0.5) is 0 Å². The third-order valence-electron chi connectivity index (χ3n) is 11.5. The first-order valence-corrected chi connectivity index (χ1v) is 16.3. The van der Waals surface area contributed by atoms with E-state index >= 15 is 0 Å². The van der Waals surface area contributed by atoms with Crippen molar-refractivity contribution in [2.24, 2.45) is 16.7 Å². The average molecular weight is 707 g/mol. The van der Waals surface area contributed by atoms with Gasteiger partial charge in [-0.25, -0.2) is 4.79 Å². The SMILES string of the molecule is COc1ccc(C2O[C@H]3C[C@H]4OC[C-]4[C@H]4[C@H](OC(=O)c5ccccc5)[C@]5(C(C)(C)O)C[C@H](O)C(C)=C5[C@@H](OC(C)=O)[C@H](O2)[C@]34C)cc1.[Co]. The predicted octanol–water partition coefficient (Wildman–Crippen LogP) is 4.48. The van der Waals surface area contributed by atoms with Gasteiger partial charge in [-0.15, -0.1) is 5.92 Å². The van der Waals surface area contributed by atoms with Gasteiger partial charge in [0, 0.05) is 34.7 Å². The molecule has 7 rings (SSSR count). The van der Waals surface area contributed by atoms with E-state index in [0.29, 0.717) is 35.5 Å². The summed E-state index contributed by atoms with van der Waals surface area (Å²) in [7, 11) is 1.60. The fourth-order valence-electron chi connectivity index (χ4n) is 9.15. The number of aliphatic hydroxyl groups excluding tert-OH is 1. The van der Waals surface area contributed by atoms with Gasteiger partial charge in [0.05, 0.1) is 42.0 Å². The minimum atomic E-state index is -1.56. The Bertz CT molecular complexity index is 1570. The van der Waals surface area contributed by atoms with Crippen LogP contribution in [0.25, 0.3) is 0 Å². The Morgan fingerprint density at radius 3 is 2.31 bits per heavy atom. The summed E-state index contributed by atoms with van der Waals surface area (Å²) in [5.74, 6) is 0.0640. The van der Waals surface area contributed by atoms with Crippen LogP contribution in [0.1, 0.15) is 69.7 Å². The molecule has 1 unspecified atom stereocenters. The first kappa shape index (κ1) is 35.1. The number of carbonyl (C=O) groups is 2. The molecule has 261 valence electrons. The smallest absolute Gasteiger partial charge is 0.338 e. The maximum Gasteiger partial charge on any atom is 0.338 e. The molecule has 2 aromatic rings. The Balaban J connectivity index is 0.00000401. The van der Waals surface area contributed by atoms with E-state index in [2.05, 4.69) is 0 Å². The van der Waals surface area contributed by atoms with Crippen LogP contribution >= 0.6 is 0 Å². The van der Waals surface area contributed by atoms with Gasteiger partial charge < -0.3 is 38.6 Å². The molecule has 0 aromatic heterocycles. The number of carbonyl (C=O) groups excluding carboxylic acids is 2. The third-order valence-corrected chi connectivity index (χ3v) is 11.5. The Hall–Kier alpha value is -2.77. The van der Waals surface area contributed by atoms with E-state index in [4.69, 9.17) is 28.4 Å². The molecule has 11 heteroatoms. The van der Waals surface area contributed by atoms with Gasteiger partial charge >= 0.3 is 11.9 Å². The number of esters is 2. The van der Waals surface area contributed by atoms with Crippen molar-refractivity contribution in [2.75, 3.05) is 13.7 Å². The monoisotopic (exact) mass is 706 g/mol. The molecule has 0 bridgehead atoms. The van der Waals surface area contributed by atoms with Crippen molar-refractivity contribution in [1.29, 1.82) is 0 Å². The van der Waals surface area contributed by atoms with Gasteiger partial charge in [-0.3, -0.25) is 10.7 Å². The van der Waals surface area contributed by atoms with Gasteiger partial charge in [0.2, 0.25) is 0 Å². The van der Waals surface area contributed by atoms with Crippen molar-refractivity contribution in [1.82, 2.24) is 0 Å². The quantitative estimate of drug-likeness (QED) is 0.252. The second-order valence-electron chi connectivity index (χ2n) is 14.3. The molecular weight excluding hydrogens is 663 g/mol. The fraction of sp³-hybridized carbons (Fsp3) is 0.541. The standard InChI is InChI=1S/C37H43O10.Co/c1-19-25(39)17-37(35(3,4)41)28(19)30(44-20(2)38)32-36(5)27(45-34(47-32)22-12-14-23(42-6)15-13-22)16-26-24(18-43-26)29(36)31(37)46-33(40)21-10-8-7-9-11-21;/h7-15,25-27,29-32,34,39,41H,16-18H2,1-6H3;/q-1;/t25-,26+,27-,29-,30+,31-,32-,34?,36+,37-;/m0./s1. The predicted molar refractivity (Wildman–Crippen MR) is 168 cm³/mol. The summed E-state index contributed by atoms with van der Waals surface area (Å²) in [5.41, 5.74) is -1.67. The van der Waals surface area contributed by atoms with E-state index in [0.717, 1.165) is 11.5 Å². The molecule has 10 atom stereocenters. The summed E-state index contributed by atoms with van der Waals surface area (Å²) in [6.45, 7) is 8.85. The number of methoxy groups -OCH3 is 1. The molecule has 2 N–H and O–H groups in total. The average Bonchev–Trinajstić information content (AvgIpc) is 3.27. The van der Waals surface area contributed by atoms with Crippen LogP contribution in [-0.2, 0) is 45.3 Å². The summed E-state index contributed by atoms with van der Waals surface area (Å²) in [6.07, 6.45) is -4.85. The van der Waals surface area contributed by atoms with E-state index in [1.165, 1.54) is 6.92 Å². The van der Waals surface area contributed by atoms with Gasteiger partial charge in [0.25, 0.3) is 0 Å². The van der Waals surface area contributed by atoms with Crippen molar-refractivity contribution in [2.45, 2.75) is 96.0 Å². The molecular formula is C37H43CoO10-. The Morgan fingerprint density at radius 2 is 1.73 bits per heavy atom. The molecule has 2 heterocycles. The topological polar surface area (TPSA) is 130 Å². The van der Waals surface area contributed by atoms with E-state index < -0.39 is 71.1 Å².